The first kappa shape index (κ1) is 13.8. The van der Waals surface area contributed by atoms with Crippen LogP contribution in [0, 0.1) is 16.7 Å². The molecule has 0 aromatic rings. The first-order valence-corrected chi connectivity index (χ1v) is 7.34. The van der Waals surface area contributed by atoms with E-state index in [0.29, 0.717) is 11.5 Å². The number of hydrogen-bond donors (Lipinski definition) is 1. The summed E-state index contributed by atoms with van der Waals surface area (Å²) in [6, 6.07) is 3.07. The van der Waals surface area contributed by atoms with Crippen molar-refractivity contribution in [3.8, 4) is 6.07 Å². The first-order chi connectivity index (χ1) is 8.42. The molecule has 0 aromatic heterocycles. The Morgan fingerprint density at radius 1 is 1.44 bits per heavy atom. The van der Waals surface area contributed by atoms with Gasteiger partial charge in [0.1, 0.15) is 5.54 Å². The van der Waals surface area contributed by atoms with Crippen LogP contribution in [0.4, 0.5) is 0 Å². The minimum absolute atomic E-state index is 0.309. The van der Waals surface area contributed by atoms with E-state index in [2.05, 4.69) is 37.1 Å². The van der Waals surface area contributed by atoms with Gasteiger partial charge in [0, 0.05) is 12.6 Å². The van der Waals surface area contributed by atoms with Crippen LogP contribution in [-0.4, -0.2) is 36.1 Å². The molecule has 1 atom stereocenters. The molecule has 1 heterocycles. The molecule has 2 fully saturated rings. The molecule has 18 heavy (non-hydrogen) atoms. The van der Waals surface area contributed by atoms with Gasteiger partial charge in [-0.3, -0.25) is 5.32 Å². The summed E-state index contributed by atoms with van der Waals surface area (Å²) < 4.78 is 0. The summed E-state index contributed by atoms with van der Waals surface area (Å²) in [6.45, 7) is 10.3. The summed E-state index contributed by atoms with van der Waals surface area (Å²) in [5.41, 5.74) is 0.182. The highest BCUT2D eigenvalue weighted by Gasteiger charge is 2.33. The summed E-state index contributed by atoms with van der Waals surface area (Å²) in [6.07, 6.45) is 5.90. The Kier molecular flexibility index (Phi) is 3.99. The van der Waals surface area contributed by atoms with Crippen LogP contribution in [0.3, 0.4) is 0 Å². The topological polar surface area (TPSA) is 39.1 Å². The second-order valence-electron chi connectivity index (χ2n) is 7.16. The second kappa shape index (κ2) is 5.19. The van der Waals surface area contributed by atoms with E-state index in [0.717, 1.165) is 19.4 Å². The van der Waals surface area contributed by atoms with E-state index in [1.807, 2.05) is 0 Å². The Hall–Kier alpha value is -0.590. The van der Waals surface area contributed by atoms with Crippen molar-refractivity contribution in [1.82, 2.24) is 10.2 Å². The van der Waals surface area contributed by atoms with E-state index >= 15 is 0 Å². The molecule has 2 rings (SSSR count). The third-order valence-corrected chi connectivity index (χ3v) is 4.25. The molecule has 0 radical (unpaired) electrons. The maximum atomic E-state index is 9.31. The van der Waals surface area contributed by atoms with Gasteiger partial charge in [-0.05, 0) is 57.5 Å². The predicted octanol–water partition coefficient (Wildman–Crippen LogP) is 2.53. The molecule has 0 aromatic carbocycles. The van der Waals surface area contributed by atoms with Crippen LogP contribution in [0.15, 0.2) is 0 Å². The number of nitriles is 1. The molecule has 0 amide bonds. The molecule has 1 saturated heterocycles. The summed E-state index contributed by atoms with van der Waals surface area (Å²) in [5.74, 6) is 0. The summed E-state index contributed by atoms with van der Waals surface area (Å²) in [7, 11) is 0. The minimum Gasteiger partial charge on any atom is -0.303 e. The molecule has 0 bridgehead atoms. The van der Waals surface area contributed by atoms with E-state index in [1.165, 1.54) is 32.4 Å². The van der Waals surface area contributed by atoms with E-state index in [9.17, 15) is 5.26 Å². The molecule has 102 valence electrons. The highest BCUT2D eigenvalue weighted by molar-refractivity contribution is 5.07. The van der Waals surface area contributed by atoms with Gasteiger partial charge in [-0.25, -0.2) is 0 Å². The van der Waals surface area contributed by atoms with E-state index < -0.39 is 0 Å². The Morgan fingerprint density at radius 3 is 2.67 bits per heavy atom. The van der Waals surface area contributed by atoms with Gasteiger partial charge in [0.2, 0.25) is 0 Å². The van der Waals surface area contributed by atoms with Crippen molar-refractivity contribution in [2.75, 3.05) is 19.6 Å². The molecule has 3 heteroatoms. The fourth-order valence-electron chi connectivity index (χ4n) is 2.91. The monoisotopic (exact) mass is 249 g/mol. The average Bonchev–Trinajstić information content (AvgIpc) is 3.03. The van der Waals surface area contributed by atoms with Crippen LogP contribution >= 0.6 is 0 Å². The third-order valence-electron chi connectivity index (χ3n) is 4.25. The van der Waals surface area contributed by atoms with Gasteiger partial charge in [0.05, 0.1) is 6.07 Å². The lowest BCUT2D eigenvalue weighted by Gasteiger charge is -2.25. The standard InChI is InChI=1S/C15H27N3/c1-14(2)8-10-18(12-14)9-4-7-15(3,11-16)17-13-5-6-13/h13,17H,4-10,12H2,1-3H3. The molecule has 3 nitrogen and oxygen atoms in total. The van der Waals surface area contributed by atoms with Gasteiger partial charge in [0.15, 0.2) is 0 Å². The quantitative estimate of drug-likeness (QED) is 0.786. The summed E-state index contributed by atoms with van der Waals surface area (Å²) >= 11 is 0. The predicted molar refractivity (Wildman–Crippen MR) is 74.2 cm³/mol. The molecule has 1 N–H and O–H groups in total. The van der Waals surface area contributed by atoms with Gasteiger partial charge in [-0.2, -0.15) is 5.26 Å². The van der Waals surface area contributed by atoms with Crippen molar-refractivity contribution < 1.29 is 0 Å². The maximum Gasteiger partial charge on any atom is 0.104 e. The van der Waals surface area contributed by atoms with Crippen LogP contribution in [0.2, 0.25) is 0 Å². The Balaban J connectivity index is 1.69. The lowest BCUT2D eigenvalue weighted by molar-refractivity contribution is 0.273. The van der Waals surface area contributed by atoms with Crippen LogP contribution in [0.25, 0.3) is 0 Å². The highest BCUT2D eigenvalue weighted by Crippen LogP contribution is 2.29. The SMILES string of the molecule is CC1(C)CCN(CCCC(C)(C#N)NC2CC2)C1. The van der Waals surface area contributed by atoms with Gasteiger partial charge >= 0.3 is 0 Å². The number of rotatable bonds is 6. The summed E-state index contributed by atoms with van der Waals surface area (Å²) in [4.78, 5) is 2.55. The van der Waals surface area contributed by atoms with E-state index in [1.54, 1.807) is 0 Å². The van der Waals surface area contributed by atoms with E-state index in [4.69, 9.17) is 0 Å². The Morgan fingerprint density at radius 2 is 2.17 bits per heavy atom. The molecule has 0 spiro atoms. The minimum atomic E-state index is -0.309. The highest BCUT2D eigenvalue weighted by atomic mass is 15.1. The Bertz CT molecular complexity index is 327. The van der Waals surface area contributed by atoms with Crippen molar-refractivity contribution in [3.05, 3.63) is 0 Å². The zero-order chi connectivity index (χ0) is 13.2. The zero-order valence-electron chi connectivity index (χ0n) is 12.1. The molecular weight excluding hydrogens is 222 g/mol. The lowest BCUT2D eigenvalue weighted by Crippen LogP contribution is -2.42. The van der Waals surface area contributed by atoms with Crippen molar-refractivity contribution in [3.63, 3.8) is 0 Å². The van der Waals surface area contributed by atoms with Crippen molar-refractivity contribution >= 4 is 0 Å². The van der Waals surface area contributed by atoms with Crippen molar-refractivity contribution in [2.45, 2.75) is 64.5 Å². The van der Waals surface area contributed by atoms with Crippen LogP contribution in [0.5, 0.6) is 0 Å². The largest absolute Gasteiger partial charge is 0.303 e. The smallest absolute Gasteiger partial charge is 0.104 e. The first-order valence-electron chi connectivity index (χ1n) is 7.34. The number of nitrogens with one attached hydrogen (secondary N) is 1. The molecule has 1 aliphatic heterocycles. The fourth-order valence-corrected chi connectivity index (χ4v) is 2.91. The zero-order valence-corrected chi connectivity index (χ0v) is 12.1. The third kappa shape index (κ3) is 3.96. The van der Waals surface area contributed by atoms with Gasteiger partial charge in [-0.1, -0.05) is 13.8 Å². The molecule has 2 aliphatic rings. The summed E-state index contributed by atoms with van der Waals surface area (Å²) in [5, 5.41) is 12.8. The van der Waals surface area contributed by atoms with Crippen LogP contribution in [-0.2, 0) is 0 Å². The lowest BCUT2D eigenvalue weighted by atomic mass is 9.93. The second-order valence-corrected chi connectivity index (χ2v) is 7.16. The maximum absolute atomic E-state index is 9.31. The molecule has 1 aliphatic carbocycles. The van der Waals surface area contributed by atoms with Crippen LogP contribution < -0.4 is 5.32 Å². The van der Waals surface area contributed by atoms with Crippen LogP contribution in [0.1, 0.15) is 52.9 Å². The number of nitrogens with zero attached hydrogens (tertiary/aromatic N) is 2. The molecular formula is C15H27N3. The van der Waals surface area contributed by atoms with Gasteiger partial charge in [-0.15, -0.1) is 0 Å². The Labute approximate surface area is 112 Å². The molecule has 1 unspecified atom stereocenters. The number of hydrogen-bond acceptors (Lipinski definition) is 3. The normalized spacial score (nSPS) is 26.8. The van der Waals surface area contributed by atoms with E-state index in [-0.39, 0.29) is 5.54 Å². The average molecular weight is 249 g/mol. The van der Waals surface area contributed by atoms with Crippen molar-refractivity contribution in [1.29, 1.82) is 5.26 Å². The van der Waals surface area contributed by atoms with Gasteiger partial charge in [0.25, 0.3) is 0 Å². The van der Waals surface area contributed by atoms with Crippen molar-refractivity contribution in [2.24, 2.45) is 5.41 Å². The van der Waals surface area contributed by atoms with Gasteiger partial charge < -0.3 is 4.90 Å². The molecule has 1 saturated carbocycles. The fraction of sp³-hybridized carbons (Fsp3) is 0.933. The number of likely N-dealkylation sites (tertiary alicyclic amines) is 1.